The van der Waals surface area contributed by atoms with E-state index in [0.29, 0.717) is 31.8 Å². The van der Waals surface area contributed by atoms with Gasteiger partial charge in [0.05, 0.1) is 6.07 Å². The molecule has 4 rings (SSSR count). The van der Waals surface area contributed by atoms with Gasteiger partial charge in [0.15, 0.2) is 0 Å². The van der Waals surface area contributed by atoms with Gasteiger partial charge in [0, 0.05) is 29.8 Å². The summed E-state index contributed by atoms with van der Waals surface area (Å²) in [6.45, 7) is 3.22. The molecule has 30 heavy (non-hydrogen) atoms. The van der Waals surface area contributed by atoms with Crippen LogP contribution in [0.1, 0.15) is 43.0 Å². The molecule has 8 heteroatoms. The molecule has 2 aromatic rings. The summed E-state index contributed by atoms with van der Waals surface area (Å²) in [7, 11) is 0. The SMILES string of the molecule is CCCc1[nH]nc2c1C1(CCN(C(=O)OCc3ccccc3)CC1)C(C#N)C(=N)O2. The van der Waals surface area contributed by atoms with Crippen molar-refractivity contribution in [1.29, 1.82) is 10.7 Å². The molecule has 2 aliphatic heterocycles. The number of ether oxygens (including phenoxy) is 2. The van der Waals surface area contributed by atoms with Crippen LogP contribution in [-0.4, -0.2) is 40.2 Å². The van der Waals surface area contributed by atoms with Crippen LogP contribution in [0.3, 0.4) is 0 Å². The topological polar surface area (TPSA) is 115 Å². The van der Waals surface area contributed by atoms with Crippen molar-refractivity contribution in [2.75, 3.05) is 13.1 Å². The molecule has 1 atom stereocenters. The Hall–Kier alpha value is -3.34. The van der Waals surface area contributed by atoms with Crippen LogP contribution >= 0.6 is 0 Å². The number of carbonyl (C=O) groups is 1. The lowest BCUT2D eigenvalue weighted by Crippen LogP contribution is -2.53. The molecule has 1 spiro atoms. The zero-order valence-corrected chi connectivity index (χ0v) is 17.0. The average molecular weight is 407 g/mol. The smallest absolute Gasteiger partial charge is 0.410 e. The summed E-state index contributed by atoms with van der Waals surface area (Å²) in [5.74, 6) is -0.365. The van der Waals surface area contributed by atoms with Gasteiger partial charge in [0.25, 0.3) is 0 Å². The maximum Gasteiger partial charge on any atom is 0.410 e. The minimum Gasteiger partial charge on any atom is -0.445 e. The van der Waals surface area contributed by atoms with Crippen molar-refractivity contribution < 1.29 is 14.3 Å². The van der Waals surface area contributed by atoms with Gasteiger partial charge in [-0.3, -0.25) is 10.5 Å². The van der Waals surface area contributed by atoms with Gasteiger partial charge < -0.3 is 14.4 Å². The molecule has 1 aromatic heterocycles. The summed E-state index contributed by atoms with van der Waals surface area (Å²) in [5.41, 5.74) is 2.23. The summed E-state index contributed by atoms with van der Waals surface area (Å²) >= 11 is 0. The highest BCUT2D eigenvalue weighted by Gasteiger charge is 2.53. The van der Waals surface area contributed by atoms with E-state index in [-0.39, 0.29) is 18.6 Å². The highest BCUT2D eigenvalue weighted by atomic mass is 16.6. The van der Waals surface area contributed by atoms with E-state index in [1.54, 1.807) is 4.90 Å². The summed E-state index contributed by atoms with van der Waals surface area (Å²) < 4.78 is 11.0. The summed E-state index contributed by atoms with van der Waals surface area (Å²) in [6, 6.07) is 11.8. The lowest BCUT2D eigenvalue weighted by atomic mass is 9.63. The van der Waals surface area contributed by atoms with Crippen molar-refractivity contribution in [1.82, 2.24) is 15.1 Å². The molecule has 0 saturated carbocycles. The van der Waals surface area contributed by atoms with E-state index >= 15 is 0 Å². The molecule has 8 nitrogen and oxygen atoms in total. The van der Waals surface area contributed by atoms with Crippen LogP contribution in [0.25, 0.3) is 0 Å². The number of piperidine rings is 1. The number of nitriles is 1. The summed E-state index contributed by atoms with van der Waals surface area (Å²) in [6.07, 6.45) is 2.48. The van der Waals surface area contributed by atoms with Crippen LogP contribution in [0, 0.1) is 22.7 Å². The number of amides is 1. The van der Waals surface area contributed by atoms with Crippen molar-refractivity contribution >= 4 is 12.0 Å². The van der Waals surface area contributed by atoms with Gasteiger partial charge in [-0.2, -0.15) is 5.26 Å². The Labute approximate surface area is 175 Å². The zero-order valence-electron chi connectivity index (χ0n) is 17.0. The molecule has 0 aliphatic carbocycles. The van der Waals surface area contributed by atoms with Crippen LogP contribution in [0.2, 0.25) is 0 Å². The second-order valence-electron chi connectivity index (χ2n) is 7.84. The molecule has 2 aliphatic rings. The second-order valence-corrected chi connectivity index (χ2v) is 7.84. The Morgan fingerprint density at radius 2 is 2.13 bits per heavy atom. The minimum atomic E-state index is -0.694. The number of aromatic amines is 1. The standard InChI is InChI=1S/C22H25N5O3/c1-2-6-17-18-20(26-25-17)30-19(24)16(13-23)22(18)9-11-27(12-10-22)21(28)29-14-15-7-4-3-5-8-15/h3-5,7-8,16,24H,2,6,9-12,14H2,1H3,(H,25,26). The molecule has 1 unspecified atom stereocenters. The zero-order chi connectivity index (χ0) is 21.1. The normalized spacial score (nSPS) is 19.7. The van der Waals surface area contributed by atoms with Crippen LogP contribution < -0.4 is 4.74 Å². The fourth-order valence-corrected chi connectivity index (χ4v) is 4.56. The van der Waals surface area contributed by atoms with Gasteiger partial charge in [-0.05, 0) is 24.8 Å². The first-order valence-corrected chi connectivity index (χ1v) is 10.3. The quantitative estimate of drug-likeness (QED) is 0.804. The molecule has 156 valence electrons. The number of aromatic nitrogens is 2. The number of nitrogens with one attached hydrogen (secondary N) is 2. The first kappa shape index (κ1) is 20.0. The molecule has 1 fully saturated rings. The highest BCUT2D eigenvalue weighted by molar-refractivity contribution is 5.85. The Morgan fingerprint density at radius 3 is 2.80 bits per heavy atom. The largest absolute Gasteiger partial charge is 0.445 e. The number of aryl methyl sites for hydroxylation is 1. The number of nitrogens with zero attached hydrogens (tertiary/aromatic N) is 3. The van der Waals surface area contributed by atoms with Crippen LogP contribution in [0.15, 0.2) is 30.3 Å². The third-order valence-corrected chi connectivity index (χ3v) is 6.08. The molecular formula is C22H25N5O3. The van der Waals surface area contributed by atoms with Gasteiger partial charge in [0.1, 0.15) is 12.5 Å². The van der Waals surface area contributed by atoms with E-state index in [9.17, 15) is 10.1 Å². The molecule has 2 N–H and O–H groups in total. The number of hydrogen-bond donors (Lipinski definition) is 2. The number of fused-ring (bicyclic) bond motifs is 2. The van der Waals surface area contributed by atoms with Gasteiger partial charge in [-0.1, -0.05) is 43.7 Å². The second kappa shape index (κ2) is 8.19. The number of benzene rings is 1. The van der Waals surface area contributed by atoms with Gasteiger partial charge in [-0.25, -0.2) is 4.79 Å². The predicted molar refractivity (Wildman–Crippen MR) is 109 cm³/mol. The number of likely N-dealkylation sites (tertiary alicyclic amines) is 1. The van der Waals surface area contributed by atoms with E-state index in [4.69, 9.17) is 14.9 Å². The van der Waals surface area contributed by atoms with E-state index in [1.807, 2.05) is 30.3 Å². The number of hydrogen-bond acceptors (Lipinski definition) is 6. The van der Waals surface area contributed by atoms with Crippen molar-refractivity contribution in [2.45, 2.75) is 44.6 Å². The van der Waals surface area contributed by atoms with Crippen LogP contribution in [-0.2, 0) is 23.2 Å². The molecule has 1 amide bonds. The van der Waals surface area contributed by atoms with Gasteiger partial charge in [-0.15, -0.1) is 5.10 Å². The van der Waals surface area contributed by atoms with E-state index < -0.39 is 11.3 Å². The average Bonchev–Trinajstić information content (AvgIpc) is 3.17. The van der Waals surface area contributed by atoms with Gasteiger partial charge >= 0.3 is 6.09 Å². The fourth-order valence-electron chi connectivity index (χ4n) is 4.56. The first-order valence-electron chi connectivity index (χ1n) is 10.3. The Kier molecular flexibility index (Phi) is 5.44. The number of H-pyrrole nitrogens is 1. The van der Waals surface area contributed by atoms with E-state index in [2.05, 4.69) is 23.2 Å². The van der Waals surface area contributed by atoms with Crippen molar-refractivity contribution in [3.8, 4) is 11.9 Å². The molecule has 1 aromatic carbocycles. The van der Waals surface area contributed by atoms with E-state index in [1.165, 1.54) is 0 Å². The minimum absolute atomic E-state index is 0.0698. The highest BCUT2D eigenvalue weighted by Crippen LogP contribution is 2.50. The van der Waals surface area contributed by atoms with Gasteiger partial charge in [0.2, 0.25) is 11.8 Å². The van der Waals surface area contributed by atoms with Crippen molar-refractivity contribution in [2.24, 2.45) is 5.92 Å². The Bertz CT molecular complexity index is 970. The molecule has 0 bridgehead atoms. The number of carbonyl (C=O) groups excluding carboxylic acids is 1. The molecular weight excluding hydrogens is 382 g/mol. The lowest BCUT2D eigenvalue weighted by molar-refractivity contribution is 0.0722. The number of rotatable bonds is 4. The Balaban J connectivity index is 1.52. The maximum absolute atomic E-state index is 12.6. The fraction of sp³-hybridized carbons (Fsp3) is 0.455. The predicted octanol–water partition coefficient (Wildman–Crippen LogP) is 3.54. The monoisotopic (exact) mass is 407 g/mol. The van der Waals surface area contributed by atoms with Crippen LogP contribution in [0.4, 0.5) is 4.79 Å². The molecule has 1 saturated heterocycles. The lowest BCUT2D eigenvalue weighted by Gasteiger charge is -2.45. The molecule has 0 radical (unpaired) electrons. The van der Waals surface area contributed by atoms with Crippen molar-refractivity contribution in [3.05, 3.63) is 47.2 Å². The maximum atomic E-state index is 12.6. The molecule has 3 heterocycles. The Morgan fingerprint density at radius 1 is 1.40 bits per heavy atom. The van der Waals surface area contributed by atoms with Crippen LogP contribution in [0.5, 0.6) is 5.88 Å². The van der Waals surface area contributed by atoms with E-state index in [0.717, 1.165) is 29.7 Å². The summed E-state index contributed by atoms with van der Waals surface area (Å²) in [4.78, 5) is 14.3. The third-order valence-electron chi connectivity index (χ3n) is 6.08. The first-order chi connectivity index (χ1) is 14.6. The third kappa shape index (κ3) is 3.41. The summed E-state index contributed by atoms with van der Waals surface area (Å²) in [5, 5.41) is 25.4. The van der Waals surface area contributed by atoms with Crippen molar-refractivity contribution in [3.63, 3.8) is 0 Å².